The quantitative estimate of drug-likeness (QED) is 0.914. The fourth-order valence-electron chi connectivity index (χ4n) is 2.92. The van der Waals surface area contributed by atoms with E-state index in [2.05, 4.69) is 9.97 Å². The van der Waals surface area contributed by atoms with Gasteiger partial charge in [0.05, 0.1) is 18.7 Å². The number of aromatic nitrogens is 2. The second kappa shape index (κ2) is 5.50. The average Bonchev–Trinajstić information content (AvgIpc) is 3.31. The van der Waals surface area contributed by atoms with Crippen molar-refractivity contribution in [3.63, 3.8) is 0 Å². The molecule has 0 aromatic carbocycles. The van der Waals surface area contributed by atoms with Crippen LogP contribution in [0.2, 0.25) is 0 Å². The van der Waals surface area contributed by atoms with E-state index in [9.17, 15) is 9.90 Å². The number of nitrogens with zero attached hydrogens (tertiary/aromatic N) is 3. The van der Waals surface area contributed by atoms with Crippen molar-refractivity contribution >= 4 is 11.8 Å². The van der Waals surface area contributed by atoms with Gasteiger partial charge in [0.2, 0.25) is 0 Å². The Morgan fingerprint density at radius 3 is 2.71 bits per heavy atom. The highest BCUT2D eigenvalue weighted by molar-refractivity contribution is 5.71. The first-order chi connectivity index (χ1) is 10.1. The fourth-order valence-corrected chi connectivity index (χ4v) is 2.92. The minimum Gasteiger partial charge on any atom is -0.491 e. The summed E-state index contributed by atoms with van der Waals surface area (Å²) in [6, 6.07) is 0. The number of hydrogen-bond donors (Lipinski definition) is 1. The number of aryl methyl sites for hydroxylation is 1. The van der Waals surface area contributed by atoms with E-state index < -0.39 is 5.97 Å². The van der Waals surface area contributed by atoms with Gasteiger partial charge in [-0.2, -0.15) is 0 Å². The van der Waals surface area contributed by atoms with Crippen molar-refractivity contribution in [2.24, 2.45) is 5.92 Å². The average molecular weight is 291 g/mol. The molecule has 1 N–H and O–H groups in total. The van der Waals surface area contributed by atoms with Crippen LogP contribution in [0.5, 0.6) is 5.75 Å². The van der Waals surface area contributed by atoms with Crippen LogP contribution in [0, 0.1) is 12.8 Å². The first kappa shape index (κ1) is 14.1. The number of ether oxygens (including phenoxy) is 1. The van der Waals surface area contributed by atoms with E-state index in [-0.39, 0.29) is 5.92 Å². The van der Waals surface area contributed by atoms with Gasteiger partial charge in [0.25, 0.3) is 0 Å². The van der Waals surface area contributed by atoms with Crippen LogP contribution in [0.15, 0.2) is 0 Å². The zero-order valence-corrected chi connectivity index (χ0v) is 12.5. The molecule has 114 valence electrons. The molecule has 0 bridgehead atoms. The highest BCUT2D eigenvalue weighted by Gasteiger charge is 2.32. The van der Waals surface area contributed by atoms with Gasteiger partial charge >= 0.3 is 5.97 Å². The third-order valence-electron chi connectivity index (χ3n) is 4.25. The summed E-state index contributed by atoms with van der Waals surface area (Å²) in [6.45, 7) is 3.24. The lowest BCUT2D eigenvalue weighted by Crippen LogP contribution is -2.39. The summed E-state index contributed by atoms with van der Waals surface area (Å²) in [5.74, 6) is 1.72. The number of aliphatic carboxylic acids is 1. The zero-order valence-electron chi connectivity index (χ0n) is 12.5. The van der Waals surface area contributed by atoms with Gasteiger partial charge in [-0.15, -0.1) is 0 Å². The number of rotatable bonds is 4. The van der Waals surface area contributed by atoms with Crippen molar-refractivity contribution < 1.29 is 14.6 Å². The molecular formula is C15H21N3O3. The van der Waals surface area contributed by atoms with Gasteiger partial charge in [0, 0.05) is 19.0 Å². The Morgan fingerprint density at radius 1 is 1.33 bits per heavy atom. The second-order valence-corrected chi connectivity index (χ2v) is 5.92. The third kappa shape index (κ3) is 2.80. The predicted octanol–water partition coefficient (Wildman–Crippen LogP) is 1.97. The molecule has 2 heterocycles. The Balaban J connectivity index is 1.93. The molecular weight excluding hydrogens is 270 g/mol. The highest BCUT2D eigenvalue weighted by atomic mass is 16.5. The number of piperidine rings is 1. The summed E-state index contributed by atoms with van der Waals surface area (Å²) >= 11 is 0. The Labute approximate surface area is 124 Å². The van der Waals surface area contributed by atoms with Crippen LogP contribution in [-0.4, -0.2) is 41.2 Å². The summed E-state index contributed by atoms with van der Waals surface area (Å²) in [5, 5.41) is 9.25. The number of carboxylic acid groups (broad SMARTS) is 1. The molecule has 3 rings (SSSR count). The Morgan fingerprint density at radius 2 is 2.10 bits per heavy atom. The smallest absolute Gasteiger partial charge is 0.308 e. The van der Waals surface area contributed by atoms with Crippen LogP contribution in [0.25, 0.3) is 0 Å². The standard InChI is InChI=1S/C15H21N3O3/c1-9-12(21-2)14(17-13(16-9)10-5-6-10)18-7-3-4-11(8-18)15(19)20/h10-11H,3-8H2,1-2H3,(H,19,20). The molecule has 0 spiro atoms. The van der Waals surface area contributed by atoms with E-state index in [1.54, 1.807) is 7.11 Å². The lowest BCUT2D eigenvalue weighted by atomic mass is 9.98. The largest absolute Gasteiger partial charge is 0.491 e. The topological polar surface area (TPSA) is 75.6 Å². The molecule has 1 aliphatic heterocycles. The first-order valence-corrected chi connectivity index (χ1v) is 7.50. The van der Waals surface area contributed by atoms with Crippen LogP contribution >= 0.6 is 0 Å². The maximum absolute atomic E-state index is 11.2. The van der Waals surface area contributed by atoms with Crippen LogP contribution in [0.3, 0.4) is 0 Å². The number of hydrogen-bond acceptors (Lipinski definition) is 5. The van der Waals surface area contributed by atoms with Gasteiger partial charge in [0.1, 0.15) is 5.82 Å². The van der Waals surface area contributed by atoms with Crippen molar-refractivity contribution in [2.45, 2.75) is 38.5 Å². The zero-order chi connectivity index (χ0) is 15.0. The maximum atomic E-state index is 11.2. The minimum absolute atomic E-state index is 0.330. The van der Waals surface area contributed by atoms with Gasteiger partial charge in [-0.3, -0.25) is 4.79 Å². The highest BCUT2D eigenvalue weighted by Crippen LogP contribution is 2.41. The van der Waals surface area contributed by atoms with Crippen molar-refractivity contribution in [3.05, 3.63) is 11.5 Å². The number of carboxylic acids is 1. The molecule has 1 atom stereocenters. The van der Waals surface area contributed by atoms with Gasteiger partial charge < -0.3 is 14.7 Å². The Kier molecular flexibility index (Phi) is 3.69. The summed E-state index contributed by atoms with van der Waals surface area (Å²) in [6.07, 6.45) is 3.88. The van der Waals surface area contributed by atoms with E-state index >= 15 is 0 Å². The fraction of sp³-hybridized carbons (Fsp3) is 0.667. The lowest BCUT2D eigenvalue weighted by Gasteiger charge is -2.32. The SMILES string of the molecule is COc1c(C)nc(C2CC2)nc1N1CCCC(C(=O)O)C1. The van der Waals surface area contributed by atoms with Crippen molar-refractivity contribution in [1.29, 1.82) is 0 Å². The maximum Gasteiger partial charge on any atom is 0.308 e. The minimum atomic E-state index is -0.730. The number of methoxy groups -OCH3 is 1. The van der Waals surface area contributed by atoms with E-state index in [0.717, 1.165) is 49.6 Å². The number of carbonyl (C=O) groups is 1. The first-order valence-electron chi connectivity index (χ1n) is 7.50. The monoisotopic (exact) mass is 291 g/mol. The molecule has 1 saturated heterocycles. The van der Waals surface area contributed by atoms with Crippen LogP contribution in [0.1, 0.15) is 43.1 Å². The Bertz CT molecular complexity index is 557. The summed E-state index contributed by atoms with van der Waals surface area (Å²) in [7, 11) is 1.62. The van der Waals surface area contributed by atoms with Gasteiger partial charge in [-0.1, -0.05) is 0 Å². The molecule has 2 aliphatic rings. The predicted molar refractivity (Wildman–Crippen MR) is 77.9 cm³/mol. The molecule has 0 amide bonds. The molecule has 0 radical (unpaired) electrons. The molecule has 21 heavy (non-hydrogen) atoms. The summed E-state index contributed by atoms with van der Waals surface area (Å²) < 4.78 is 5.47. The molecule has 2 fully saturated rings. The Hall–Kier alpha value is -1.85. The molecule has 1 saturated carbocycles. The van der Waals surface area contributed by atoms with Gasteiger partial charge in [-0.05, 0) is 32.6 Å². The molecule has 1 aliphatic carbocycles. The molecule has 1 aromatic rings. The van der Waals surface area contributed by atoms with E-state index in [0.29, 0.717) is 18.2 Å². The second-order valence-electron chi connectivity index (χ2n) is 5.92. The lowest BCUT2D eigenvalue weighted by molar-refractivity contribution is -0.141. The van der Waals surface area contributed by atoms with Gasteiger partial charge in [-0.25, -0.2) is 9.97 Å². The van der Waals surface area contributed by atoms with Crippen LogP contribution in [-0.2, 0) is 4.79 Å². The van der Waals surface area contributed by atoms with E-state index in [1.807, 2.05) is 11.8 Å². The summed E-state index contributed by atoms with van der Waals surface area (Å²) in [4.78, 5) is 22.5. The van der Waals surface area contributed by atoms with Crippen molar-refractivity contribution in [2.75, 3.05) is 25.1 Å². The van der Waals surface area contributed by atoms with E-state index in [1.165, 1.54) is 0 Å². The van der Waals surface area contributed by atoms with Crippen molar-refractivity contribution in [1.82, 2.24) is 9.97 Å². The summed E-state index contributed by atoms with van der Waals surface area (Å²) in [5.41, 5.74) is 0.835. The normalized spacial score (nSPS) is 22.2. The number of anilines is 1. The molecule has 6 nitrogen and oxygen atoms in total. The van der Waals surface area contributed by atoms with Crippen LogP contribution in [0.4, 0.5) is 5.82 Å². The third-order valence-corrected chi connectivity index (χ3v) is 4.25. The van der Waals surface area contributed by atoms with E-state index in [4.69, 9.17) is 4.74 Å². The molecule has 1 unspecified atom stereocenters. The van der Waals surface area contributed by atoms with Crippen molar-refractivity contribution in [3.8, 4) is 5.75 Å². The van der Waals surface area contributed by atoms with Crippen LogP contribution < -0.4 is 9.64 Å². The molecule has 6 heteroatoms. The van der Waals surface area contributed by atoms with Gasteiger partial charge in [0.15, 0.2) is 11.6 Å². The molecule has 1 aromatic heterocycles.